The summed E-state index contributed by atoms with van der Waals surface area (Å²) in [7, 11) is 0. The number of hydrogen-bond acceptors (Lipinski definition) is 9. The van der Waals surface area contributed by atoms with Gasteiger partial charge in [0.25, 0.3) is 5.56 Å². The summed E-state index contributed by atoms with van der Waals surface area (Å²) in [4.78, 5) is 31.2. The maximum atomic E-state index is 13.4. The van der Waals surface area contributed by atoms with Crippen molar-refractivity contribution >= 4 is 34.1 Å². The van der Waals surface area contributed by atoms with Crippen molar-refractivity contribution in [2.24, 2.45) is 0 Å². The van der Waals surface area contributed by atoms with Crippen molar-refractivity contribution in [2.75, 3.05) is 11.1 Å². The van der Waals surface area contributed by atoms with Gasteiger partial charge in [-0.05, 0) is 31.4 Å². The van der Waals surface area contributed by atoms with Crippen LogP contribution in [-0.2, 0) is 6.42 Å². The lowest BCUT2D eigenvalue weighted by Crippen LogP contribution is -2.29. The van der Waals surface area contributed by atoms with Crippen molar-refractivity contribution in [1.82, 2.24) is 29.7 Å². The van der Waals surface area contributed by atoms with Gasteiger partial charge in [-0.2, -0.15) is 4.98 Å². The van der Waals surface area contributed by atoms with Crippen LogP contribution >= 0.6 is 11.6 Å². The van der Waals surface area contributed by atoms with Crippen LogP contribution in [0.15, 0.2) is 33.8 Å². The number of nitrogens with one attached hydrogen (secondary N) is 1. The van der Waals surface area contributed by atoms with Crippen LogP contribution in [0.3, 0.4) is 0 Å². The van der Waals surface area contributed by atoms with E-state index in [-0.39, 0.29) is 23.5 Å². The molecule has 170 valence electrons. The first kappa shape index (κ1) is 21.3. The molecule has 1 fully saturated rings. The summed E-state index contributed by atoms with van der Waals surface area (Å²) in [5, 5.41) is 8.28. The second kappa shape index (κ2) is 8.43. The van der Waals surface area contributed by atoms with Crippen molar-refractivity contribution in [3.8, 4) is 11.4 Å². The van der Waals surface area contributed by atoms with Gasteiger partial charge < -0.3 is 15.6 Å². The fourth-order valence-corrected chi connectivity index (χ4v) is 4.14. The van der Waals surface area contributed by atoms with Gasteiger partial charge in [0.2, 0.25) is 11.7 Å². The smallest absolute Gasteiger partial charge is 0.263 e. The monoisotopic (exact) mass is 466 g/mol. The van der Waals surface area contributed by atoms with Gasteiger partial charge in [0.1, 0.15) is 29.4 Å². The third-order valence-electron chi connectivity index (χ3n) is 5.72. The maximum Gasteiger partial charge on any atom is 0.263 e. The van der Waals surface area contributed by atoms with Crippen LogP contribution in [0.1, 0.15) is 56.9 Å². The van der Waals surface area contributed by atoms with Gasteiger partial charge in [0.05, 0.1) is 22.0 Å². The van der Waals surface area contributed by atoms with Crippen molar-refractivity contribution < 1.29 is 4.52 Å². The molecule has 4 aromatic rings. The van der Waals surface area contributed by atoms with Gasteiger partial charge in [-0.3, -0.25) is 9.36 Å². The van der Waals surface area contributed by atoms with Crippen molar-refractivity contribution in [2.45, 2.75) is 51.6 Å². The van der Waals surface area contributed by atoms with Gasteiger partial charge in [-0.1, -0.05) is 36.7 Å². The van der Waals surface area contributed by atoms with E-state index in [0.717, 1.165) is 12.8 Å². The molecular weight excluding hydrogens is 444 g/mol. The lowest BCUT2D eigenvalue weighted by molar-refractivity contribution is 0.383. The van der Waals surface area contributed by atoms with E-state index in [0.29, 0.717) is 57.7 Å². The van der Waals surface area contributed by atoms with Gasteiger partial charge in [0, 0.05) is 12.5 Å². The van der Waals surface area contributed by atoms with E-state index in [4.69, 9.17) is 26.8 Å². The molecule has 33 heavy (non-hydrogen) atoms. The zero-order valence-corrected chi connectivity index (χ0v) is 19.0. The molecule has 1 aromatic carbocycles. The molecule has 3 heterocycles. The largest absolute Gasteiger partial charge is 0.383 e. The molecule has 3 aromatic heterocycles. The molecule has 0 spiro atoms. The van der Waals surface area contributed by atoms with Gasteiger partial charge >= 0.3 is 0 Å². The third-order valence-corrected chi connectivity index (χ3v) is 6.03. The summed E-state index contributed by atoms with van der Waals surface area (Å²) in [6.07, 6.45) is 4.46. The lowest BCUT2D eigenvalue weighted by atomic mass is 10.1. The van der Waals surface area contributed by atoms with E-state index in [2.05, 4.69) is 25.4 Å². The number of aryl methyl sites for hydroxylation is 1. The summed E-state index contributed by atoms with van der Waals surface area (Å²) >= 11 is 6.35. The van der Waals surface area contributed by atoms with Crippen LogP contribution in [0.2, 0.25) is 5.02 Å². The number of rotatable bonds is 7. The minimum Gasteiger partial charge on any atom is -0.383 e. The molecule has 1 aliphatic carbocycles. The Morgan fingerprint density at radius 1 is 1.27 bits per heavy atom. The molecule has 0 saturated heterocycles. The molecule has 1 aliphatic rings. The first-order chi connectivity index (χ1) is 16.0. The summed E-state index contributed by atoms with van der Waals surface area (Å²) in [5.74, 6) is 2.09. The lowest BCUT2D eigenvalue weighted by Gasteiger charge is -2.23. The molecule has 10 nitrogen and oxygen atoms in total. The first-order valence-corrected chi connectivity index (χ1v) is 11.3. The quantitative estimate of drug-likeness (QED) is 0.414. The third kappa shape index (κ3) is 3.80. The van der Waals surface area contributed by atoms with Crippen molar-refractivity contribution in [1.29, 1.82) is 0 Å². The van der Waals surface area contributed by atoms with E-state index >= 15 is 0 Å². The fourth-order valence-electron chi connectivity index (χ4n) is 3.89. The molecule has 11 heteroatoms. The normalized spacial score (nSPS) is 14.5. The SMILES string of the molecule is CCc1nc(-c2c(N)ncnc2N[C@@H](CC)c2nc3cccc(Cl)c3c(=O)n2C2CC2)no1. The summed E-state index contributed by atoms with van der Waals surface area (Å²) in [5.41, 5.74) is 7.05. The molecule has 3 N–H and O–H groups in total. The predicted molar refractivity (Wildman–Crippen MR) is 125 cm³/mol. The minimum absolute atomic E-state index is 0.107. The summed E-state index contributed by atoms with van der Waals surface area (Å²) < 4.78 is 7.02. The molecule has 1 atom stereocenters. The Balaban J connectivity index is 1.63. The molecule has 0 unspecified atom stereocenters. The minimum atomic E-state index is -0.327. The van der Waals surface area contributed by atoms with Crippen LogP contribution in [0.5, 0.6) is 0 Å². The van der Waals surface area contributed by atoms with E-state index in [1.165, 1.54) is 6.33 Å². The fraction of sp³-hybridized carbons (Fsp3) is 0.364. The molecule has 0 radical (unpaired) electrons. The Hall–Kier alpha value is -3.53. The number of anilines is 2. The van der Waals surface area contributed by atoms with Crippen LogP contribution in [0.25, 0.3) is 22.3 Å². The van der Waals surface area contributed by atoms with Gasteiger partial charge in [-0.25, -0.2) is 15.0 Å². The zero-order valence-electron chi connectivity index (χ0n) is 18.2. The number of nitrogens with two attached hydrogens (primary N) is 1. The average molecular weight is 467 g/mol. The Kier molecular flexibility index (Phi) is 5.45. The number of nitrogens with zero attached hydrogens (tertiary/aromatic N) is 6. The van der Waals surface area contributed by atoms with Crippen LogP contribution in [0, 0.1) is 0 Å². The maximum absolute atomic E-state index is 13.4. The topological polar surface area (TPSA) is 138 Å². The van der Waals surface area contributed by atoms with Crippen LogP contribution < -0.4 is 16.6 Å². The van der Waals surface area contributed by atoms with Crippen molar-refractivity contribution in [3.63, 3.8) is 0 Å². The Morgan fingerprint density at radius 3 is 2.79 bits per heavy atom. The average Bonchev–Trinajstić information content (AvgIpc) is 3.53. The first-order valence-electron chi connectivity index (χ1n) is 10.9. The molecule has 0 aliphatic heterocycles. The van der Waals surface area contributed by atoms with Gasteiger partial charge in [-0.15, -0.1) is 0 Å². The van der Waals surface area contributed by atoms with E-state index in [1.807, 2.05) is 13.8 Å². The molecule has 0 amide bonds. The number of aromatic nitrogens is 6. The summed E-state index contributed by atoms with van der Waals surface area (Å²) in [6, 6.07) is 5.09. The highest BCUT2D eigenvalue weighted by molar-refractivity contribution is 6.35. The second-order valence-corrected chi connectivity index (χ2v) is 8.37. The number of fused-ring (bicyclic) bond motifs is 1. The zero-order chi connectivity index (χ0) is 23.1. The van der Waals surface area contributed by atoms with E-state index in [9.17, 15) is 4.79 Å². The number of halogens is 1. The standard InChI is InChI=1S/C22H23ClN8O2/c1-3-13(27-19-17(18(24)25-10-26-19)20-29-15(4-2)33-30-20)21-28-14-7-5-6-12(23)16(14)22(32)31(21)11-8-9-11/h5-7,10-11,13H,3-4,8-9H2,1-2H3,(H3,24,25,26,27)/t13-/m0/s1. The number of hydrogen-bond donors (Lipinski definition) is 2. The van der Waals surface area contributed by atoms with Gasteiger partial charge in [0.15, 0.2) is 0 Å². The molecule has 0 bridgehead atoms. The molecule has 1 saturated carbocycles. The molecular formula is C22H23ClN8O2. The van der Waals surface area contributed by atoms with Crippen molar-refractivity contribution in [3.05, 3.63) is 51.6 Å². The second-order valence-electron chi connectivity index (χ2n) is 7.96. The summed E-state index contributed by atoms with van der Waals surface area (Å²) in [6.45, 7) is 3.93. The predicted octanol–water partition coefficient (Wildman–Crippen LogP) is 3.93. The van der Waals surface area contributed by atoms with E-state index < -0.39 is 0 Å². The number of nitrogen functional groups attached to an aromatic ring is 1. The highest BCUT2D eigenvalue weighted by Gasteiger charge is 2.32. The van der Waals surface area contributed by atoms with Crippen LogP contribution in [-0.4, -0.2) is 29.7 Å². The Bertz CT molecular complexity index is 1400. The Labute approximate surface area is 194 Å². The van der Waals surface area contributed by atoms with Crippen LogP contribution in [0.4, 0.5) is 11.6 Å². The molecule has 5 rings (SSSR count). The highest BCUT2D eigenvalue weighted by atomic mass is 35.5. The number of benzene rings is 1. The highest BCUT2D eigenvalue weighted by Crippen LogP contribution is 2.38. The van der Waals surface area contributed by atoms with E-state index in [1.54, 1.807) is 22.8 Å². The Morgan fingerprint density at radius 2 is 2.09 bits per heavy atom.